The second-order valence-electron chi connectivity index (χ2n) is 3.82. The number of nitrogens with one attached hydrogen (secondary N) is 1. The first-order chi connectivity index (χ1) is 7.27. The van der Waals surface area contributed by atoms with Crippen LogP contribution in [0.3, 0.4) is 0 Å². The van der Waals surface area contributed by atoms with Gasteiger partial charge in [0.15, 0.2) is 5.78 Å². The number of Topliss-reactive ketones (excluding diaryl/α,β-unsaturated/α-hetero) is 1. The summed E-state index contributed by atoms with van der Waals surface area (Å²) in [6, 6.07) is 7.88. The third-order valence-electron chi connectivity index (χ3n) is 2.73. The topological polar surface area (TPSA) is 29.1 Å². The van der Waals surface area contributed by atoms with E-state index in [9.17, 15) is 4.79 Å². The van der Waals surface area contributed by atoms with Crippen LogP contribution < -0.4 is 5.32 Å². The van der Waals surface area contributed by atoms with Gasteiger partial charge in [0, 0.05) is 12.1 Å². The van der Waals surface area contributed by atoms with Crippen molar-refractivity contribution in [3.05, 3.63) is 41.5 Å². The van der Waals surface area contributed by atoms with E-state index in [2.05, 4.69) is 11.4 Å². The van der Waals surface area contributed by atoms with Gasteiger partial charge in [0.1, 0.15) is 0 Å². The van der Waals surface area contributed by atoms with Crippen molar-refractivity contribution in [2.24, 2.45) is 0 Å². The summed E-state index contributed by atoms with van der Waals surface area (Å²) in [5.74, 6) is 0.126. The van der Waals surface area contributed by atoms with Gasteiger partial charge in [-0.25, -0.2) is 0 Å². The van der Waals surface area contributed by atoms with E-state index in [1.54, 1.807) is 6.92 Å². The van der Waals surface area contributed by atoms with Crippen LogP contribution in [-0.2, 0) is 0 Å². The van der Waals surface area contributed by atoms with Crippen molar-refractivity contribution in [3.63, 3.8) is 0 Å². The van der Waals surface area contributed by atoms with Crippen LogP contribution >= 0.6 is 0 Å². The SMILES string of the molecule is CC(=O)c1ccc(C2=CCNCC2)cc1. The summed E-state index contributed by atoms with van der Waals surface area (Å²) < 4.78 is 0. The van der Waals surface area contributed by atoms with Crippen molar-refractivity contribution < 1.29 is 4.79 Å². The Morgan fingerprint density at radius 2 is 2.00 bits per heavy atom. The van der Waals surface area contributed by atoms with Gasteiger partial charge in [-0.15, -0.1) is 0 Å². The fourth-order valence-corrected chi connectivity index (χ4v) is 1.80. The quantitative estimate of drug-likeness (QED) is 0.744. The van der Waals surface area contributed by atoms with Crippen LogP contribution in [0, 0.1) is 0 Å². The highest BCUT2D eigenvalue weighted by molar-refractivity contribution is 5.94. The molecular weight excluding hydrogens is 186 g/mol. The van der Waals surface area contributed by atoms with Crippen molar-refractivity contribution in [2.45, 2.75) is 13.3 Å². The lowest BCUT2D eigenvalue weighted by molar-refractivity contribution is 0.101. The highest BCUT2D eigenvalue weighted by Crippen LogP contribution is 2.19. The Morgan fingerprint density at radius 1 is 1.27 bits per heavy atom. The maximum Gasteiger partial charge on any atom is 0.159 e. The molecule has 0 bridgehead atoms. The molecule has 0 aliphatic carbocycles. The number of carbonyl (C=O) groups excluding carboxylic acids is 1. The number of carbonyl (C=O) groups is 1. The summed E-state index contributed by atoms with van der Waals surface area (Å²) in [5.41, 5.74) is 3.40. The van der Waals surface area contributed by atoms with Gasteiger partial charge >= 0.3 is 0 Å². The van der Waals surface area contributed by atoms with Gasteiger partial charge in [-0.05, 0) is 31.0 Å². The van der Waals surface area contributed by atoms with E-state index in [0.717, 1.165) is 25.1 Å². The second-order valence-corrected chi connectivity index (χ2v) is 3.82. The molecule has 0 radical (unpaired) electrons. The molecule has 0 aromatic heterocycles. The average molecular weight is 201 g/mol. The van der Waals surface area contributed by atoms with E-state index in [1.807, 2.05) is 24.3 Å². The van der Waals surface area contributed by atoms with Gasteiger partial charge in [0.2, 0.25) is 0 Å². The van der Waals surface area contributed by atoms with Crippen LogP contribution in [0.15, 0.2) is 30.3 Å². The molecule has 0 saturated heterocycles. The zero-order valence-corrected chi connectivity index (χ0v) is 8.92. The fraction of sp³-hybridized carbons (Fsp3) is 0.308. The van der Waals surface area contributed by atoms with Gasteiger partial charge in [0.25, 0.3) is 0 Å². The summed E-state index contributed by atoms with van der Waals surface area (Å²) in [6.45, 7) is 3.59. The molecule has 78 valence electrons. The molecular formula is C13H15NO. The summed E-state index contributed by atoms with van der Waals surface area (Å²) in [5, 5.41) is 3.28. The summed E-state index contributed by atoms with van der Waals surface area (Å²) in [4.78, 5) is 11.1. The predicted octanol–water partition coefficient (Wildman–Crippen LogP) is 2.27. The Balaban J connectivity index is 2.23. The van der Waals surface area contributed by atoms with E-state index in [0.29, 0.717) is 0 Å². The summed E-state index contributed by atoms with van der Waals surface area (Å²) in [7, 11) is 0. The van der Waals surface area contributed by atoms with E-state index in [4.69, 9.17) is 0 Å². The fourth-order valence-electron chi connectivity index (χ4n) is 1.80. The van der Waals surface area contributed by atoms with Crippen LogP contribution in [0.4, 0.5) is 0 Å². The molecule has 1 heterocycles. The number of ketones is 1. The van der Waals surface area contributed by atoms with Crippen LogP contribution in [0.2, 0.25) is 0 Å². The lowest BCUT2D eigenvalue weighted by Crippen LogP contribution is -2.19. The van der Waals surface area contributed by atoms with E-state index >= 15 is 0 Å². The van der Waals surface area contributed by atoms with Crippen molar-refractivity contribution in [3.8, 4) is 0 Å². The molecule has 2 rings (SSSR count). The molecule has 1 aromatic rings. The Hall–Kier alpha value is -1.41. The van der Waals surface area contributed by atoms with Gasteiger partial charge in [-0.1, -0.05) is 30.3 Å². The zero-order chi connectivity index (χ0) is 10.7. The van der Waals surface area contributed by atoms with Crippen molar-refractivity contribution in [1.29, 1.82) is 0 Å². The van der Waals surface area contributed by atoms with E-state index < -0.39 is 0 Å². The first-order valence-corrected chi connectivity index (χ1v) is 5.28. The molecule has 0 saturated carbocycles. The summed E-state index contributed by atoms with van der Waals surface area (Å²) >= 11 is 0. The third-order valence-corrected chi connectivity index (χ3v) is 2.73. The molecule has 1 aliphatic rings. The van der Waals surface area contributed by atoms with Gasteiger partial charge < -0.3 is 5.32 Å². The molecule has 0 spiro atoms. The molecule has 15 heavy (non-hydrogen) atoms. The molecule has 1 aromatic carbocycles. The van der Waals surface area contributed by atoms with Crippen LogP contribution in [-0.4, -0.2) is 18.9 Å². The minimum Gasteiger partial charge on any atom is -0.313 e. The zero-order valence-electron chi connectivity index (χ0n) is 8.92. The molecule has 2 nitrogen and oxygen atoms in total. The predicted molar refractivity (Wildman–Crippen MR) is 61.9 cm³/mol. The lowest BCUT2D eigenvalue weighted by atomic mass is 9.98. The smallest absolute Gasteiger partial charge is 0.159 e. The maximum absolute atomic E-state index is 11.1. The highest BCUT2D eigenvalue weighted by Gasteiger charge is 2.06. The molecule has 1 N–H and O–H groups in total. The minimum absolute atomic E-state index is 0.126. The molecule has 0 atom stereocenters. The van der Waals surface area contributed by atoms with Crippen LogP contribution in [0.25, 0.3) is 5.57 Å². The molecule has 0 fully saturated rings. The molecule has 0 unspecified atom stereocenters. The first kappa shape index (κ1) is 10.1. The number of hydrogen-bond donors (Lipinski definition) is 1. The normalized spacial score (nSPS) is 15.9. The standard InChI is InChI=1S/C13H15NO/c1-10(15)11-2-4-12(5-3-11)13-6-8-14-9-7-13/h2-6,14H,7-9H2,1H3. The Kier molecular flexibility index (Phi) is 2.97. The minimum atomic E-state index is 0.126. The van der Waals surface area contributed by atoms with Gasteiger partial charge in [-0.3, -0.25) is 4.79 Å². The Morgan fingerprint density at radius 3 is 2.53 bits per heavy atom. The monoisotopic (exact) mass is 201 g/mol. The van der Waals surface area contributed by atoms with Crippen molar-refractivity contribution >= 4 is 11.4 Å². The van der Waals surface area contributed by atoms with Crippen LogP contribution in [0.5, 0.6) is 0 Å². The Bertz CT molecular complexity index is 390. The number of benzene rings is 1. The van der Waals surface area contributed by atoms with Crippen LogP contribution in [0.1, 0.15) is 29.3 Å². The van der Waals surface area contributed by atoms with Gasteiger partial charge in [0.05, 0.1) is 0 Å². The third kappa shape index (κ3) is 2.34. The van der Waals surface area contributed by atoms with Crippen molar-refractivity contribution in [1.82, 2.24) is 5.32 Å². The first-order valence-electron chi connectivity index (χ1n) is 5.28. The molecule has 2 heteroatoms. The van der Waals surface area contributed by atoms with Crippen molar-refractivity contribution in [2.75, 3.05) is 13.1 Å². The summed E-state index contributed by atoms with van der Waals surface area (Å²) in [6.07, 6.45) is 3.28. The number of rotatable bonds is 2. The van der Waals surface area contributed by atoms with Gasteiger partial charge in [-0.2, -0.15) is 0 Å². The second kappa shape index (κ2) is 4.41. The van der Waals surface area contributed by atoms with E-state index in [-0.39, 0.29) is 5.78 Å². The molecule has 0 amide bonds. The lowest BCUT2D eigenvalue weighted by Gasteiger charge is -2.14. The highest BCUT2D eigenvalue weighted by atomic mass is 16.1. The largest absolute Gasteiger partial charge is 0.313 e. The molecule has 1 aliphatic heterocycles. The average Bonchev–Trinajstić information content (AvgIpc) is 2.30. The van der Waals surface area contributed by atoms with E-state index in [1.165, 1.54) is 11.1 Å². The Labute approximate surface area is 90.0 Å². The maximum atomic E-state index is 11.1. The number of hydrogen-bond acceptors (Lipinski definition) is 2.